The third-order valence-electron chi connectivity index (χ3n) is 4.57. The van der Waals surface area contributed by atoms with Crippen LogP contribution in [-0.2, 0) is 23.3 Å². The second kappa shape index (κ2) is 12.0. The number of guanidine groups is 1. The number of thiophene rings is 1. The Morgan fingerprint density at radius 1 is 1.40 bits per heavy atom. The van der Waals surface area contributed by atoms with Crippen LogP contribution >= 0.6 is 35.3 Å². The summed E-state index contributed by atoms with van der Waals surface area (Å²) in [6.45, 7) is 8.71. The van der Waals surface area contributed by atoms with E-state index in [0.29, 0.717) is 12.5 Å². The second-order valence-electron chi connectivity index (χ2n) is 7.11. The Hall–Kier alpha value is -1.18. The summed E-state index contributed by atoms with van der Waals surface area (Å²) in [5, 5.41) is 22.8. The number of sulfone groups is 1. The molecule has 0 fully saturated rings. The smallest absolute Gasteiger partial charge is 0.191 e. The summed E-state index contributed by atoms with van der Waals surface area (Å²) in [7, 11) is -1.57. The number of nitrogens with one attached hydrogen (secondary N) is 2. The van der Waals surface area contributed by atoms with Gasteiger partial charge in [-0.2, -0.15) is 5.10 Å². The van der Waals surface area contributed by atoms with Gasteiger partial charge in [0, 0.05) is 25.3 Å². The van der Waals surface area contributed by atoms with E-state index in [1.165, 1.54) is 5.56 Å². The molecule has 0 aliphatic heterocycles. The molecule has 2 aromatic heterocycles. The number of nitrogens with zero attached hydrogens (tertiary/aromatic N) is 3. The Balaban J connectivity index is 0.00000450. The lowest BCUT2D eigenvalue weighted by atomic mass is 10.1. The van der Waals surface area contributed by atoms with Gasteiger partial charge in [-0.25, -0.2) is 8.42 Å². The van der Waals surface area contributed by atoms with Gasteiger partial charge in [0.2, 0.25) is 0 Å². The molecule has 11 heteroatoms. The Morgan fingerprint density at radius 3 is 2.63 bits per heavy atom. The predicted octanol–water partition coefficient (Wildman–Crippen LogP) is 2.04. The summed E-state index contributed by atoms with van der Waals surface area (Å²) in [4.78, 5) is 4.37. The van der Waals surface area contributed by atoms with Gasteiger partial charge < -0.3 is 15.7 Å². The first-order valence-corrected chi connectivity index (χ1v) is 12.2. The highest BCUT2D eigenvalue weighted by Gasteiger charge is 2.21. The molecule has 2 heterocycles. The maximum absolute atomic E-state index is 12.3. The Labute approximate surface area is 200 Å². The number of aliphatic imine (C=N–C) groups is 1. The summed E-state index contributed by atoms with van der Waals surface area (Å²) in [5.41, 5.74) is 3.34. The van der Waals surface area contributed by atoms with Gasteiger partial charge >= 0.3 is 0 Å². The Bertz CT molecular complexity index is 926. The SMILES string of the molecule is CCNC(=NCC(O)CS(=O)(=O)c1cccs1)NC(C)Cc1c(C)nn(C)c1C.I. The molecule has 0 saturated carbocycles. The molecule has 0 aliphatic carbocycles. The minimum Gasteiger partial charge on any atom is -0.390 e. The average Bonchev–Trinajstić information content (AvgIpc) is 3.25. The lowest BCUT2D eigenvalue weighted by molar-refractivity contribution is 0.206. The summed E-state index contributed by atoms with van der Waals surface area (Å²) in [6, 6.07) is 3.31. The van der Waals surface area contributed by atoms with Crippen LogP contribution < -0.4 is 10.6 Å². The molecular weight excluding hydrogens is 537 g/mol. The van der Waals surface area contributed by atoms with Gasteiger partial charge in [-0.1, -0.05) is 6.07 Å². The zero-order valence-electron chi connectivity index (χ0n) is 18.0. The molecule has 170 valence electrons. The van der Waals surface area contributed by atoms with Gasteiger partial charge in [0.15, 0.2) is 15.8 Å². The molecule has 2 rings (SSSR count). The first kappa shape index (κ1) is 26.9. The molecule has 0 spiro atoms. The van der Waals surface area contributed by atoms with Crippen molar-refractivity contribution in [1.29, 1.82) is 0 Å². The molecule has 30 heavy (non-hydrogen) atoms. The van der Waals surface area contributed by atoms with Gasteiger partial charge in [0.1, 0.15) is 4.21 Å². The Kier molecular flexibility index (Phi) is 10.8. The second-order valence-corrected chi connectivity index (χ2v) is 10.3. The van der Waals surface area contributed by atoms with Crippen molar-refractivity contribution in [1.82, 2.24) is 20.4 Å². The number of aliphatic hydroxyl groups is 1. The monoisotopic (exact) mass is 569 g/mol. The van der Waals surface area contributed by atoms with Crippen molar-refractivity contribution in [2.75, 3.05) is 18.8 Å². The summed E-state index contributed by atoms with van der Waals surface area (Å²) in [5.74, 6) is 0.201. The van der Waals surface area contributed by atoms with Crippen LogP contribution in [0, 0.1) is 13.8 Å². The van der Waals surface area contributed by atoms with E-state index in [0.717, 1.165) is 29.1 Å². The highest BCUT2D eigenvalue weighted by atomic mass is 127. The summed E-state index contributed by atoms with van der Waals surface area (Å²) < 4.78 is 26.7. The molecule has 2 unspecified atom stereocenters. The molecular formula is C19H32IN5O3S2. The quantitative estimate of drug-likeness (QED) is 0.243. The summed E-state index contributed by atoms with van der Waals surface area (Å²) in [6.07, 6.45) is -0.290. The van der Waals surface area contributed by atoms with Crippen LogP contribution in [0.1, 0.15) is 30.8 Å². The number of halogens is 1. The molecule has 8 nitrogen and oxygen atoms in total. The van der Waals surface area contributed by atoms with E-state index < -0.39 is 15.9 Å². The van der Waals surface area contributed by atoms with Crippen LogP contribution in [0.4, 0.5) is 0 Å². The van der Waals surface area contributed by atoms with Crippen LogP contribution in [0.2, 0.25) is 0 Å². The molecule has 0 saturated heterocycles. The molecule has 0 aromatic carbocycles. The lowest BCUT2D eigenvalue weighted by Gasteiger charge is -2.19. The van der Waals surface area contributed by atoms with Gasteiger partial charge in [-0.05, 0) is 51.1 Å². The minimum atomic E-state index is -3.50. The van der Waals surface area contributed by atoms with Gasteiger partial charge in [0.05, 0.1) is 24.1 Å². The highest BCUT2D eigenvalue weighted by Crippen LogP contribution is 2.18. The van der Waals surface area contributed by atoms with Crippen LogP contribution in [0.25, 0.3) is 0 Å². The van der Waals surface area contributed by atoms with E-state index in [1.54, 1.807) is 17.5 Å². The van der Waals surface area contributed by atoms with Crippen molar-refractivity contribution in [3.8, 4) is 0 Å². The van der Waals surface area contributed by atoms with Crippen molar-refractivity contribution in [3.63, 3.8) is 0 Å². The van der Waals surface area contributed by atoms with Gasteiger partial charge in [-0.3, -0.25) is 9.67 Å². The maximum Gasteiger partial charge on any atom is 0.191 e. The molecule has 0 bridgehead atoms. The van der Waals surface area contributed by atoms with E-state index >= 15 is 0 Å². The number of rotatable bonds is 9. The van der Waals surface area contributed by atoms with Crippen molar-refractivity contribution >= 4 is 51.1 Å². The largest absolute Gasteiger partial charge is 0.390 e. The van der Waals surface area contributed by atoms with Crippen molar-refractivity contribution in [3.05, 3.63) is 34.5 Å². The van der Waals surface area contributed by atoms with Crippen LogP contribution in [0.15, 0.2) is 26.7 Å². The van der Waals surface area contributed by atoms with E-state index in [9.17, 15) is 13.5 Å². The zero-order valence-corrected chi connectivity index (χ0v) is 22.0. The molecule has 0 radical (unpaired) electrons. The number of aryl methyl sites for hydroxylation is 2. The van der Waals surface area contributed by atoms with Crippen LogP contribution in [0.5, 0.6) is 0 Å². The molecule has 0 aliphatic rings. The fourth-order valence-electron chi connectivity index (χ4n) is 3.05. The predicted molar refractivity (Wildman–Crippen MR) is 133 cm³/mol. The fraction of sp³-hybridized carbons (Fsp3) is 0.579. The standard InChI is InChI=1S/C19H31N5O3S2.HI/c1-6-20-19(22-13(2)10-17-14(3)23-24(5)15(17)4)21-11-16(25)12-29(26,27)18-8-7-9-28-18;/h7-9,13,16,25H,6,10-12H2,1-5H3,(H2,20,21,22);1H. The van der Waals surface area contributed by atoms with E-state index in [4.69, 9.17) is 0 Å². The number of hydrogen-bond acceptors (Lipinski definition) is 6. The summed E-state index contributed by atoms with van der Waals surface area (Å²) >= 11 is 1.15. The topological polar surface area (TPSA) is 109 Å². The molecule has 0 amide bonds. The van der Waals surface area contributed by atoms with Crippen molar-refractivity contribution in [2.45, 2.75) is 50.5 Å². The van der Waals surface area contributed by atoms with Crippen molar-refractivity contribution in [2.24, 2.45) is 12.0 Å². The first-order valence-electron chi connectivity index (χ1n) is 9.62. The minimum absolute atomic E-state index is 0. The maximum atomic E-state index is 12.3. The third kappa shape index (κ3) is 7.50. The van der Waals surface area contributed by atoms with Gasteiger partial charge in [-0.15, -0.1) is 35.3 Å². The molecule has 2 atom stereocenters. The Morgan fingerprint density at radius 2 is 2.10 bits per heavy atom. The van der Waals surface area contributed by atoms with Crippen LogP contribution in [-0.4, -0.2) is 60.3 Å². The normalized spacial score (nSPS) is 14.1. The van der Waals surface area contributed by atoms with E-state index in [2.05, 4.69) is 27.6 Å². The molecule has 3 N–H and O–H groups in total. The van der Waals surface area contributed by atoms with Crippen LogP contribution in [0.3, 0.4) is 0 Å². The zero-order chi connectivity index (χ0) is 21.6. The molecule has 2 aromatic rings. The fourth-order valence-corrected chi connectivity index (χ4v) is 5.52. The average molecular weight is 570 g/mol. The number of aromatic nitrogens is 2. The van der Waals surface area contributed by atoms with Crippen molar-refractivity contribution < 1.29 is 13.5 Å². The highest BCUT2D eigenvalue weighted by molar-refractivity contribution is 14.0. The van der Waals surface area contributed by atoms with Gasteiger partial charge in [0.25, 0.3) is 0 Å². The third-order valence-corrected chi connectivity index (χ3v) is 7.85. The van der Waals surface area contributed by atoms with E-state index in [1.807, 2.05) is 32.5 Å². The van der Waals surface area contributed by atoms with E-state index in [-0.39, 0.29) is 46.5 Å². The number of hydrogen-bond donors (Lipinski definition) is 3. The lowest BCUT2D eigenvalue weighted by Crippen LogP contribution is -2.43. The number of aliphatic hydroxyl groups excluding tert-OH is 1. The first-order chi connectivity index (χ1) is 13.6.